The summed E-state index contributed by atoms with van der Waals surface area (Å²) >= 11 is 0. The number of ether oxygens (including phenoxy) is 4. The van der Waals surface area contributed by atoms with E-state index in [1.165, 1.54) is 0 Å². The highest BCUT2D eigenvalue weighted by atomic mass is 16.5. The molecule has 1 unspecified atom stereocenters. The molecule has 3 heterocycles. The summed E-state index contributed by atoms with van der Waals surface area (Å²) in [7, 11) is 1.54. The molecule has 5 rings (SSSR count). The Bertz CT molecular complexity index is 1270. The molecule has 0 aliphatic carbocycles. The van der Waals surface area contributed by atoms with Crippen molar-refractivity contribution in [3.63, 3.8) is 0 Å². The van der Waals surface area contributed by atoms with Crippen LogP contribution in [0.3, 0.4) is 0 Å². The van der Waals surface area contributed by atoms with Crippen molar-refractivity contribution in [1.82, 2.24) is 14.9 Å². The highest BCUT2D eigenvalue weighted by Gasteiger charge is 2.27. The van der Waals surface area contributed by atoms with Crippen molar-refractivity contribution in [3.8, 4) is 23.0 Å². The van der Waals surface area contributed by atoms with Crippen molar-refractivity contribution in [2.24, 2.45) is 10.7 Å². The summed E-state index contributed by atoms with van der Waals surface area (Å²) in [5.41, 5.74) is 8.45. The summed E-state index contributed by atoms with van der Waals surface area (Å²) in [4.78, 5) is 21.1. The van der Waals surface area contributed by atoms with Gasteiger partial charge in [0.1, 0.15) is 0 Å². The number of carbonyl (C=O) groups is 1. The van der Waals surface area contributed by atoms with Crippen LogP contribution >= 0.6 is 0 Å². The lowest BCUT2D eigenvalue weighted by Gasteiger charge is -2.24. The van der Waals surface area contributed by atoms with Crippen LogP contribution in [0.15, 0.2) is 35.3 Å². The lowest BCUT2D eigenvalue weighted by molar-refractivity contribution is -0.123. The molecule has 0 saturated carbocycles. The molecule has 11 heteroatoms. The fourth-order valence-corrected chi connectivity index (χ4v) is 4.00. The summed E-state index contributed by atoms with van der Waals surface area (Å²) in [6, 6.07) is 9.22. The van der Waals surface area contributed by atoms with Crippen molar-refractivity contribution in [2.75, 3.05) is 38.8 Å². The van der Waals surface area contributed by atoms with Gasteiger partial charge in [-0.15, -0.1) is 0 Å². The largest absolute Gasteiger partial charge is 0.493 e. The first-order chi connectivity index (χ1) is 16.6. The van der Waals surface area contributed by atoms with Crippen LogP contribution in [0.25, 0.3) is 11.0 Å². The van der Waals surface area contributed by atoms with Gasteiger partial charge in [0, 0.05) is 30.7 Å². The third-order valence-corrected chi connectivity index (χ3v) is 5.52. The number of anilines is 1. The van der Waals surface area contributed by atoms with Gasteiger partial charge in [0.05, 0.1) is 31.4 Å². The van der Waals surface area contributed by atoms with Crippen molar-refractivity contribution >= 4 is 28.8 Å². The quantitative estimate of drug-likeness (QED) is 0.502. The molecular weight excluding hydrogens is 440 g/mol. The van der Waals surface area contributed by atoms with Gasteiger partial charge in [0.2, 0.25) is 5.95 Å². The number of nitrogens with one attached hydrogen (secondary N) is 2. The number of nitrogens with zero attached hydrogens (tertiary/aromatic N) is 3. The summed E-state index contributed by atoms with van der Waals surface area (Å²) in [5, 5.41) is 5.73. The summed E-state index contributed by atoms with van der Waals surface area (Å²) in [6.07, 6.45) is 0.314. The van der Waals surface area contributed by atoms with Crippen LogP contribution in [0.4, 0.5) is 5.95 Å². The number of fused-ring (bicyclic) bond motifs is 4. The highest BCUT2D eigenvalue weighted by Crippen LogP contribution is 2.40. The van der Waals surface area contributed by atoms with Crippen LogP contribution in [0.5, 0.6) is 23.0 Å². The first-order valence-corrected chi connectivity index (χ1v) is 11.1. The zero-order valence-electron chi connectivity index (χ0n) is 19.0. The van der Waals surface area contributed by atoms with Gasteiger partial charge in [-0.3, -0.25) is 14.7 Å². The van der Waals surface area contributed by atoms with Gasteiger partial charge in [0.15, 0.2) is 41.7 Å². The number of aromatic nitrogens is 2. The number of aliphatic imine (C=N–C) groups is 1. The van der Waals surface area contributed by atoms with E-state index in [0.717, 1.165) is 23.0 Å². The van der Waals surface area contributed by atoms with Crippen LogP contribution in [0.1, 0.15) is 25.1 Å². The van der Waals surface area contributed by atoms with E-state index >= 15 is 0 Å². The molecule has 2 aliphatic rings. The standard InChI is InChI=1S/C23H26N6O5/c1-3-25-20(30)12-34-16-6-5-13(9-17(16)31-2)21-27-22(24)28-23-26-14-10-18-19(11-15(14)29(21)23)33-8-4-7-32-18/h5-6,9-11,21H,3-4,7-8,12H2,1-2H3,(H,25,30)(H3,24,26,27,28). The minimum Gasteiger partial charge on any atom is -0.493 e. The van der Waals surface area contributed by atoms with Gasteiger partial charge < -0.3 is 30.0 Å². The lowest BCUT2D eigenvalue weighted by atomic mass is 10.1. The second-order valence-corrected chi connectivity index (χ2v) is 7.81. The third-order valence-electron chi connectivity index (χ3n) is 5.52. The monoisotopic (exact) mass is 466 g/mol. The molecule has 34 heavy (non-hydrogen) atoms. The Hall–Kier alpha value is -4.15. The highest BCUT2D eigenvalue weighted by molar-refractivity contribution is 5.95. The van der Waals surface area contributed by atoms with Crippen molar-refractivity contribution in [3.05, 3.63) is 35.9 Å². The zero-order valence-corrected chi connectivity index (χ0v) is 19.0. The van der Waals surface area contributed by atoms with Crippen molar-refractivity contribution in [2.45, 2.75) is 19.5 Å². The number of hydrogen-bond acceptors (Lipinski definition) is 9. The molecule has 0 fully saturated rings. The fourth-order valence-electron chi connectivity index (χ4n) is 4.00. The fraction of sp³-hybridized carbons (Fsp3) is 0.348. The van der Waals surface area contributed by atoms with Gasteiger partial charge >= 0.3 is 0 Å². The van der Waals surface area contributed by atoms with Crippen LogP contribution < -0.4 is 35.3 Å². The first-order valence-electron chi connectivity index (χ1n) is 11.1. The molecule has 0 radical (unpaired) electrons. The average Bonchev–Trinajstić information content (AvgIpc) is 3.01. The second kappa shape index (κ2) is 9.00. The van der Waals surface area contributed by atoms with Crippen LogP contribution in [0, 0.1) is 0 Å². The number of benzene rings is 2. The molecule has 3 aromatic rings. The molecule has 11 nitrogen and oxygen atoms in total. The van der Waals surface area contributed by atoms with E-state index in [2.05, 4.69) is 15.6 Å². The van der Waals surface area contributed by atoms with E-state index < -0.39 is 6.17 Å². The maximum absolute atomic E-state index is 11.8. The SMILES string of the molecule is CCNC(=O)COc1ccc(C2N=C(N)Nc3nc4cc5c(cc4n32)OCCCO5)cc1OC. The maximum atomic E-state index is 11.8. The smallest absolute Gasteiger partial charge is 0.257 e. The zero-order chi connectivity index (χ0) is 23.7. The van der Waals surface area contributed by atoms with E-state index in [1.54, 1.807) is 13.2 Å². The van der Waals surface area contributed by atoms with Gasteiger partial charge in [-0.25, -0.2) is 9.98 Å². The molecule has 2 aliphatic heterocycles. The molecule has 0 bridgehead atoms. The molecule has 1 aromatic heterocycles. The van der Waals surface area contributed by atoms with Gasteiger partial charge in [-0.1, -0.05) is 6.07 Å². The number of amides is 1. The average molecular weight is 466 g/mol. The number of hydrogen-bond donors (Lipinski definition) is 3. The lowest BCUT2D eigenvalue weighted by Crippen LogP contribution is -2.31. The van der Waals surface area contributed by atoms with E-state index in [-0.39, 0.29) is 18.5 Å². The summed E-state index contributed by atoms with van der Waals surface area (Å²) in [5.74, 6) is 2.87. The number of nitrogens with two attached hydrogens (primary N) is 1. The minimum atomic E-state index is -0.502. The van der Waals surface area contributed by atoms with Gasteiger partial charge in [-0.05, 0) is 19.1 Å². The molecule has 4 N–H and O–H groups in total. The summed E-state index contributed by atoms with van der Waals surface area (Å²) < 4.78 is 24.8. The predicted molar refractivity (Wildman–Crippen MR) is 126 cm³/mol. The van der Waals surface area contributed by atoms with Crippen LogP contribution in [0.2, 0.25) is 0 Å². The number of carbonyl (C=O) groups excluding carboxylic acids is 1. The number of rotatable bonds is 6. The van der Waals surface area contributed by atoms with Crippen LogP contribution in [-0.2, 0) is 4.79 Å². The topological polar surface area (TPSA) is 134 Å². The Kier molecular flexibility index (Phi) is 5.74. The Morgan fingerprint density at radius 3 is 2.79 bits per heavy atom. The van der Waals surface area contributed by atoms with E-state index in [1.807, 2.05) is 35.8 Å². The molecule has 2 aromatic carbocycles. The Labute approximate surface area is 195 Å². The van der Waals surface area contributed by atoms with Gasteiger partial charge in [-0.2, -0.15) is 0 Å². The maximum Gasteiger partial charge on any atom is 0.257 e. The third kappa shape index (κ3) is 4.00. The number of imidazole rings is 1. The van der Waals surface area contributed by atoms with Crippen molar-refractivity contribution in [1.29, 1.82) is 0 Å². The Morgan fingerprint density at radius 1 is 1.24 bits per heavy atom. The molecule has 0 spiro atoms. The summed E-state index contributed by atoms with van der Waals surface area (Å²) in [6.45, 7) is 3.46. The van der Waals surface area contributed by atoms with Gasteiger partial charge in [0.25, 0.3) is 5.91 Å². The molecule has 1 amide bonds. The van der Waals surface area contributed by atoms with Crippen LogP contribution in [-0.4, -0.2) is 54.9 Å². The van der Waals surface area contributed by atoms with Crippen molar-refractivity contribution < 1.29 is 23.7 Å². The van der Waals surface area contributed by atoms with E-state index in [9.17, 15) is 4.79 Å². The predicted octanol–water partition coefficient (Wildman–Crippen LogP) is 2.01. The molecule has 178 valence electrons. The number of methoxy groups -OCH3 is 1. The normalized spacial score (nSPS) is 16.6. The molecular formula is C23H26N6O5. The van der Waals surface area contributed by atoms with E-state index in [0.29, 0.717) is 48.7 Å². The number of likely N-dealkylation sites (N-methyl/N-ethyl adjacent to an activating group) is 1. The Balaban J connectivity index is 1.53. The second-order valence-electron chi connectivity index (χ2n) is 7.81. The Morgan fingerprint density at radius 2 is 2.03 bits per heavy atom. The molecule has 1 atom stereocenters. The van der Waals surface area contributed by atoms with E-state index in [4.69, 9.17) is 29.7 Å². The molecule has 0 saturated heterocycles. The first kappa shape index (κ1) is 21.7. The minimum absolute atomic E-state index is 0.106. The number of guanidine groups is 1.